The first kappa shape index (κ1) is 12.3. The lowest BCUT2D eigenvalue weighted by Gasteiger charge is -2.15. The molecule has 0 saturated heterocycles. The summed E-state index contributed by atoms with van der Waals surface area (Å²) in [5.41, 5.74) is 9.10. The molecule has 2 aromatic rings. The van der Waals surface area contributed by atoms with Crippen LogP contribution in [-0.2, 0) is 0 Å². The molecule has 2 rings (SSSR count). The Kier molecular flexibility index (Phi) is 3.14. The zero-order chi connectivity index (χ0) is 13.3. The van der Waals surface area contributed by atoms with Crippen molar-refractivity contribution < 1.29 is 14.0 Å². The number of hydrogen-bond acceptors (Lipinski definition) is 5. The Labute approximate surface area is 105 Å². The number of rotatable bonds is 3. The molecular formula is C13H16N2O3. The molecule has 0 aliphatic heterocycles. The molecular weight excluding hydrogens is 232 g/mol. The smallest absolute Gasteiger partial charge is 0.222 e. The van der Waals surface area contributed by atoms with Gasteiger partial charge in [-0.05, 0) is 31.0 Å². The van der Waals surface area contributed by atoms with Crippen molar-refractivity contribution in [3.8, 4) is 22.8 Å². The van der Waals surface area contributed by atoms with Gasteiger partial charge in [0.1, 0.15) is 5.69 Å². The molecule has 0 aliphatic carbocycles. The number of anilines is 1. The molecule has 1 aromatic carbocycles. The third-order valence-corrected chi connectivity index (χ3v) is 2.96. The number of ether oxygens (including phenoxy) is 2. The van der Waals surface area contributed by atoms with Gasteiger partial charge >= 0.3 is 0 Å². The van der Waals surface area contributed by atoms with E-state index in [1.807, 2.05) is 19.9 Å². The number of aromatic nitrogens is 1. The van der Waals surface area contributed by atoms with Crippen molar-refractivity contribution >= 4 is 5.88 Å². The van der Waals surface area contributed by atoms with Gasteiger partial charge in [-0.25, -0.2) is 0 Å². The van der Waals surface area contributed by atoms with Crippen LogP contribution in [-0.4, -0.2) is 19.4 Å². The average molecular weight is 248 g/mol. The van der Waals surface area contributed by atoms with Gasteiger partial charge in [0.05, 0.1) is 14.2 Å². The van der Waals surface area contributed by atoms with E-state index in [9.17, 15) is 0 Å². The van der Waals surface area contributed by atoms with E-state index in [0.29, 0.717) is 17.2 Å². The summed E-state index contributed by atoms with van der Waals surface area (Å²) in [5, 5.41) is 3.91. The Bertz CT molecular complexity index is 576. The van der Waals surface area contributed by atoms with Crippen molar-refractivity contribution in [1.82, 2.24) is 5.16 Å². The number of nitrogens with zero attached hydrogens (tertiary/aromatic N) is 1. The highest BCUT2D eigenvalue weighted by Gasteiger charge is 2.18. The predicted molar refractivity (Wildman–Crippen MR) is 68.9 cm³/mol. The first-order valence-electron chi connectivity index (χ1n) is 5.53. The maximum absolute atomic E-state index is 5.54. The highest BCUT2D eigenvalue weighted by atomic mass is 16.5. The van der Waals surface area contributed by atoms with Gasteiger partial charge in [0.2, 0.25) is 5.88 Å². The van der Waals surface area contributed by atoms with E-state index in [4.69, 9.17) is 19.7 Å². The Morgan fingerprint density at radius 2 is 1.78 bits per heavy atom. The lowest BCUT2D eigenvalue weighted by molar-refractivity contribution is 0.353. The maximum atomic E-state index is 5.54. The fourth-order valence-corrected chi connectivity index (χ4v) is 1.92. The van der Waals surface area contributed by atoms with Crippen LogP contribution < -0.4 is 15.2 Å². The van der Waals surface area contributed by atoms with Crippen LogP contribution in [0.5, 0.6) is 11.5 Å². The van der Waals surface area contributed by atoms with Crippen molar-refractivity contribution in [2.45, 2.75) is 13.8 Å². The van der Waals surface area contributed by atoms with E-state index >= 15 is 0 Å². The van der Waals surface area contributed by atoms with Gasteiger partial charge in [-0.2, -0.15) is 0 Å². The molecule has 0 bridgehead atoms. The minimum absolute atomic E-state index is 0.268. The molecule has 0 radical (unpaired) electrons. The van der Waals surface area contributed by atoms with Gasteiger partial charge < -0.3 is 19.7 Å². The molecule has 96 valence electrons. The van der Waals surface area contributed by atoms with Gasteiger partial charge in [-0.1, -0.05) is 5.16 Å². The van der Waals surface area contributed by atoms with E-state index in [2.05, 4.69) is 5.16 Å². The zero-order valence-electron chi connectivity index (χ0n) is 10.9. The van der Waals surface area contributed by atoms with E-state index < -0.39 is 0 Å². The van der Waals surface area contributed by atoms with Crippen LogP contribution in [0, 0.1) is 13.8 Å². The molecule has 5 nitrogen and oxygen atoms in total. The number of hydrogen-bond donors (Lipinski definition) is 1. The Hall–Kier alpha value is -2.17. The molecule has 0 fully saturated rings. The fraction of sp³-hybridized carbons (Fsp3) is 0.308. The molecule has 0 spiro atoms. The second-order valence-corrected chi connectivity index (χ2v) is 4.05. The second kappa shape index (κ2) is 4.60. The van der Waals surface area contributed by atoms with E-state index in [-0.39, 0.29) is 5.88 Å². The highest BCUT2D eigenvalue weighted by molar-refractivity contribution is 5.74. The average Bonchev–Trinajstić information content (AvgIpc) is 2.78. The lowest BCUT2D eigenvalue weighted by atomic mass is 10.0. The highest BCUT2D eigenvalue weighted by Crippen LogP contribution is 2.41. The maximum Gasteiger partial charge on any atom is 0.222 e. The van der Waals surface area contributed by atoms with E-state index in [1.165, 1.54) is 0 Å². The number of methoxy groups -OCH3 is 2. The number of aryl methyl sites for hydroxylation is 1. The Balaban J connectivity index is 2.70. The third kappa shape index (κ3) is 1.88. The number of benzene rings is 1. The molecule has 1 heterocycles. The standard InChI is InChI=1S/C13H16N2O3/c1-7-5-9(10-6-11(14)18-15-10)13(17-4)12(16-3)8(7)2/h5-6H,14H2,1-4H3. The topological polar surface area (TPSA) is 70.5 Å². The van der Waals surface area contributed by atoms with Crippen LogP contribution in [0.4, 0.5) is 5.88 Å². The molecule has 0 amide bonds. The number of nitrogens with two attached hydrogens (primary N) is 1. The van der Waals surface area contributed by atoms with Crippen LogP contribution in [0.2, 0.25) is 0 Å². The summed E-state index contributed by atoms with van der Waals surface area (Å²) in [4.78, 5) is 0. The molecule has 0 aliphatic rings. The Morgan fingerprint density at radius 3 is 2.28 bits per heavy atom. The summed E-state index contributed by atoms with van der Waals surface area (Å²) in [5.74, 6) is 1.60. The van der Waals surface area contributed by atoms with Crippen molar-refractivity contribution in [2.24, 2.45) is 0 Å². The van der Waals surface area contributed by atoms with Gasteiger partial charge in [0.25, 0.3) is 0 Å². The van der Waals surface area contributed by atoms with Crippen LogP contribution in [0.1, 0.15) is 11.1 Å². The van der Waals surface area contributed by atoms with Crippen LogP contribution in [0.25, 0.3) is 11.3 Å². The monoisotopic (exact) mass is 248 g/mol. The summed E-state index contributed by atoms with van der Waals surface area (Å²) in [7, 11) is 3.21. The van der Waals surface area contributed by atoms with E-state index in [1.54, 1.807) is 20.3 Å². The van der Waals surface area contributed by atoms with Crippen LogP contribution in [0.15, 0.2) is 16.7 Å². The van der Waals surface area contributed by atoms with Crippen molar-refractivity contribution in [1.29, 1.82) is 0 Å². The lowest BCUT2D eigenvalue weighted by Crippen LogP contribution is -1.98. The third-order valence-electron chi connectivity index (χ3n) is 2.96. The van der Waals surface area contributed by atoms with Crippen molar-refractivity contribution in [2.75, 3.05) is 20.0 Å². The van der Waals surface area contributed by atoms with Crippen molar-refractivity contribution in [3.05, 3.63) is 23.3 Å². The SMILES string of the molecule is COc1c(-c2cc(N)on2)cc(C)c(C)c1OC. The summed E-state index contributed by atoms with van der Waals surface area (Å²) < 4.78 is 15.7. The quantitative estimate of drug-likeness (QED) is 0.903. The van der Waals surface area contributed by atoms with Gasteiger partial charge in [0, 0.05) is 11.6 Å². The molecule has 1 aromatic heterocycles. The first-order valence-corrected chi connectivity index (χ1v) is 5.53. The molecule has 5 heteroatoms. The minimum Gasteiger partial charge on any atom is -0.493 e. The van der Waals surface area contributed by atoms with Gasteiger partial charge in [0.15, 0.2) is 11.5 Å². The summed E-state index contributed by atoms with van der Waals surface area (Å²) in [6.45, 7) is 3.99. The van der Waals surface area contributed by atoms with Crippen LogP contribution in [0.3, 0.4) is 0 Å². The van der Waals surface area contributed by atoms with Gasteiger partial charge in [-0.3, -0.25) is 0 Å². The number of nitrogen functional groups attached to an aromatic ring is 1. The van der Waals surface area contributed by atoms with Crippen LogP contribution >= 0.6 is 0 Å². The van der Waals surface area contributed by atoms with Gasteiger partial charge in [-0.15, -0.1) is 0 Å². The summed E-state index contributed by atoms with van der Waals surface area (Å²) in [6.07, 6.45) is 0. The zero-order valence-corrected chi connectivity index (χ0v) is 10.9. The van der Waals surface area contributed by atoms with E-state index in [0.717, 1.165) is 16.7 Å². The molecule has 18 heavy (non-hydrogen) atoms. The normalized spacial score (nSPS) is 10.4. The van der Waals surface area contributed by atoms with Crippen molar-refractivity contribution in [3.63, 3.8) is 0 Å². The second-order valence-electron chi connectivity index (χ2n) is 4.05. The molecule has 0 atom stereocenters. The summed E-state index contributed by atoms with van der Waals surface area (Å²) >= 11 is 0. The Morgan fingerprint density at radius 1 is 1.11 bits per heavy atom. The predicted octanol–water partition coefficient (Wildman–Crippen LogP) is 2.56. The summed E-state index contributed by atoms with van der Waals surface area (Å²) in [6, 6.07) is 3.64. The molecule has 0 unspecified atom stereocenters. The first-order chi connectivity index (χ1) is 8.58. The minimum atomic E-state index is 0.268. The molecule has 2 N–H and O–H groups in total. The molecule has 0 saturated carbocycles. The largest absolute Gasteiger partial charge is 0.493 e. The fourth-order valence-electron chi connectivity index (χ4n) is 1.92.